The molecular weight excluding hydrogens is 238 g/mol. The SMILES string of the molecule is C[N+](C)(C)CCCN1CCNCCNCCNCC1. The molecule has 19 heavy (non-hydrogen) atoms. The summed E-state index contributed by atoms with van der Waals surface area (Å²) in [4.78, 5) is 2.59. The number of nitrogens with zero attached hydrogens (tertiary/aromatic N) is 2. The Balaban J connectivity index is 2.22. The van der Waals surface area contributed by atoms with Crippen LogP contribution >= 0.6 is 0 Å². The van der Waals surface area contributed by atoms with Crippen LogP contribution in [0.1, 0.15) is 6.42 Å². The minimum Gasteiger partial charge on any atom is -0.331 e. The summed E-state index contributed by atoms with van der Waals surface area (Å²) in [5.74, 6) is 0. The van der Waals surface area contributed by atoms with E-state index < -0.39 is 0 Å². The van der Waals surface area contributed by atoms with Crippen molar-refractivity contribution >= 4 is 0 Å². The Morgan fingerprint density at radius 3 is 1.74 bits per heavy atom. The highest BCUT2D eigenvalue weighted by Gasteiger charge is 2.09. The fourth-order valence-electron chi connectivity index (χ4n) is 2.31. The maximum atomic E-state index is 3.51. The van der Waals surface area contributed by atoms with Gasteiger partial charge in [-0.05, 0) is 0 Å². The average molecular weight is 272 g/mol. The second-order valence-corrected chi connectivity index (χ2v) is 6.46. The first kappa shape index (κ1) is 16.9. The standard InChI is InChI=1S/C14H34N5/c1-19(2,3)14-4-11-18-12-9-16-7-5-15-6-8-17-10-13-18/h15-17H,4-14H2,1-3H3/q+1. The van der Waals surface area contributed by atoms with Gasteiger partial charge in [-0.3, -0.25) is 0 Å². The van der Waals surface area contributed by atoms with Crippen LogP contribution in [-0.2, 0) is 0 Å². The van der Waals surface area contributed by atoms with Gasteiger partial charge in [-0.15, -0.1) is 0 Å². The third-order valence-corrected chi connectivity index (χ3v) is 3.47. The molecule has 114 valence electrons. The third-order valence-electron chi connectivity index (χ3n) is 3.47. The van der Waals surface area contributed by atoms with Gasteiger partial charge in [0.1, 0.15) is 0 Å². The molecule has 1 aliphatic rings. The van der Waals surface area contributed by atoms with Crippen LogP contribution in [0.4, 0.5) is 0 Å². The molecule has 5 nitrogen and oxygen atoms in total. The number of quaternary nitrogens is 1. The van der Waals surface area contributed by atoms with Gasteiger partial charge in [0.2, 0.25) is 0 Å². The van der Waals surface area contributed by atoms with Crippen LogP contribution in [0.25, 0.3) is 0 Å². The Labute approximate surface area is 119 Å². The van der Waals surface area contributed by atoms with Gasteiger partial charge in [-0.25, -0.2) is 0 Å². The van der Waals surface area contributed by atoms with Crippen molar-refractivity contribution in [1.29, 1.82) is 0 Å². The summed E-state index contributed by atoms with van der Waals surface area (Å²) >= 11 is 0. The van der Waals surface area contributed by atoms with Gasteiger partial charge in [0, 0.05) is 65.3 Å². The predicted octanol–water partition coefficient (Wildman–Crippen LogP) is -0.833. The topological polar surface area (TPSA) is 39.3 Å². The zero-order valence-electron chi connectivity index (χ0n) is 13.2. The summed E-state index contributed by atoms with van der Waals surface area (Å²) in [6, 6.07) is 0. The molecule has 1 saturated heterocycles. The summed E-state index contributed by atoms with van der Waals surface area (Å²) in [5.41, 5.74) is 0. The first-order chi connectivity index (χ1) is 9.08. The van der Waals surface area contributed by atoms with E-state index in [2.05, 4.69) is 42.0 Å². The minimum atomic E-state index is 1.07. The molecule has 1 fully saturated rings. The Bertz CT molecular complexity index is 202. The van der Waals surface area contributed by atoms with Crippen LogP contribution in [-0.4, -0.2) is 96.0 Å². The minimum absolute atomic E-state index is 1.07. The molecular formula is C14H34N5+. The van der Waals surface area contributed by atoms with E-state index in [9.17, 15) is 0 Å². The number of hydrogen-bond donors (Lipinski definition) is 3. The molecule has 0 spiro atoms. The van der Waals surface area contributed by atoms with Gasteiger partial charge < -0.3 is 25.3 Å². The van der Waals surface area contributed by atoms with Crippen molar-refractivity contribution in [2.75, 3.05) is 86.6 Å². The lowest BCUT2D eigenvalue weighted by atomic mass is 10.3. The molecule has 0 unspecified atom stereocenters. The number of nitrogens with one attached hydrogen (secondary N) is 3. The summed E-state index contributed by atoms with van der Waals surface area (Å²) in [6.45, 7) is 11.3. The van der Waals surface area contributed by atoms with Crippen molar-refractivity contribution in [3.63, 3.8) is 0 Å². The van der Waals surface area contributed by atoms with Crippen molar-refractivity contribution < 1.29 is 4.48 Å². The number of rotatable bonds is 4. The van der Waals surface area contributed by atoms with Crippen LogP contribution in [0.2, 0.25) is 0 Å². The van der Waals surface area contributed by atoms with E-state index >= 15 is 0 Å². The molecule has 0 aliphatic carbocycles. The lowest BCUT2D eigenvalue weighted by Gasteiger charge is -2.27. The van der Waals surface area contributed by atoms with E-state index in [-0.39, 0.29) is 0 Å². The van der Waals surface area contributed by atoms with Crippen molar-refractivity contribution in [1.82, 2.24) is 20.9 Å². The predicted molar refractivity (Wildman–Crippen MR) is 82.6 cm³/mol. The summed E-state index contributed by atoms with van der Waals surface area (Å²) in [7, 11) is 6.81. The van der Waals surface area contributed by atoms with Crippen molar-refractivity contribution in [3.8, 4) is 0 Å². The zero-order valence-corrected chi connectivity index (χ0v) is 13.2. The molecule has 0 aromatic carbocycles. The highest BCUT2D eigenvalue weighted by molar-refractivity contribution is 4.64. The van der Waals surface area contributed by atoms with Crippen LogP contribution in [0.3, 0.4) is 0 Å². The first-order valence-electron chi connectivity index (χ1n) is 7.73. The highest BCUT2D eigenvalue weighted by atomic mass is 15.3. The van der Waals surface area contributed by atoms with Crippen molar-refractivity contribution in [2.24, 2.45) is 0 Å². The zero-order chi connectivity index (χ0) is 14.0. The lowest BCUT2D eigenvalue weighted by molar-refractivity contribution is -0.870. The second kappa shape index (κ2) is 9.66. The Morgan fingerprint density at radius 1 is 0.789 bits per heavy atom. The van der Waals surface area contributed by atoms with Crippen LogP contribution < -0.4 is 16.0 Å². The van der Waals surface area contributed by atoms with E-state index in [0.29, 0.717) is 0 Å². The molecule has 0 aromatic rings. The third kappa shape index (κ3) is 10.3. The molecule has 0 atom stereocenters. The van der Waals surface area contributed by atoms with Gasteiger partial charge in [-0.2, -0.15) is 0 Å². The monoisotopic (exact) mass is 272 g/mol. The Morgan fingerprint density at radius 2 is 1.26 bits per heavy atom. The van der Waals surface area contributed by atoms with Gasteiger partial charge in [0.25, 0.3) is 0 Å². The second-order valence-electron chi connectivity index (χ2n) is 6.46. The Hall–Kier alpha value is -0.200. The highest BCUT2D eigenvalue weighted by Crippen LogP contribution is 1.97. The molecule has 3 N–H and O–H groups in total. The summed E-state index contributed by atoms with van der Waals surface area (Å²) in [5, 5.41) is 10.4. The van der Waals surface area contributed by atoms with E-state index in [1.807, 2.05) is 0 Å². The van der Waals surface area contributed by atoms with Crippen molar-refractivity contribution in [2.45, 2.75) is 6.42 Å². The molecule has 0 aromatic heterocycles. The van der Waals surface area contributed by atoms with E-state index in [1.54, 1.807) is 0 Å². The van der Waals surface area contributed by atoms with Crippen LogP contribution in [0, 0.1) is 0 Å². The quantitative estimate of drug-likeness (QED) is 0.584. The largest absolute Gasteiger partial charge is 0.331 e. The molecule has 0 amide bonds. The molecule has 1 rings (SSSR count). The maximum Gasteiger partial charge on any atom is 0.0792 e. The average Bonchev–Trinajstić information content (AvgIpc) is 2.30. The van der Waals surface area contributed by atoms with Crippen molar-refractivity contribution in [3.05, 3.63) is 0 Å². The Kier molecular flexibility index (Phi) is 8.57. The van der Waals surface area contributed by atoms with E-state index in [0.717, 1.165) is 43.8 Å². The van der Waals surface area contributed by atoms with Gasteiger partial charge in [0.15, 0.2) is 0 Å². The first-order valence-corrected chi connectivity index (χ1v) is 7.73. The molecule has 1 aliphatic heterocycles. The maximum absolute atomic E-state index is 3.51. The van der Waals surface area contributed by atoms with Crippen LogP contribution in [0.5, 0.6) is 0 Å². The van der Waals surface area contributed by atoms with E-state index in [1.165, 1.54) is 32.6 Å². The molecule has 0 bridgehead atoms. The molecule has 1 heterocycles. The number of hydrogen-bond acceptors (Lipinski definition) is 4. The van der Waals surface area contributed by atoms with Crippen LogP contribution in [0.15, 0.2) is 0 Å². The lowest BCUT2D eigenvalue weighted by Crippen LogP contribution is -2.43. The summed E-state index contributed by atoms with van der Waals surface area (Å²) in [6.07, 6.45) is 1.28. The fraction of sp³-hybridized carbons (Fsp3) is 1.00. The van der Waals surface area contributed by atoms with Gasteiger partial charge in [-0.1, -0.05) is 0 Å². The molecule has 5 heteroatoms. The summed E-state index contributed by atoms with van der Waals surface area (Å²) < 4.78 is 1.07. The normalized spacial score (nSPS) is 21.6. The van der Waals surface area contributed by atoms with Gasteiger partial charge in [0.05, 0.1) is 27.7 Å². The van der Waals surface area contributed by atoms with E-state index in [4.69, 9.17) is 0 Å². The van der Waals surface area contributed by atoms with Gasteiger partial charge >= 0.3 is 0 Å². The fourth-order valence-corrected chi connectivity index (χ4v) is 2.31. The molecule has 0 saturated carbocycles. The smallest absolute Gasteiger partial charge is 0.0792 e. The molecule has 0 radical (unpaired) electrons.